The number of hydrogen-bond acceptors (Lipinski definition) is 4. The van der Waals surface area contributed by atoms with Crippen LogP contribution < -0.4 is 10.6 Å². The molecule has 1 fully saturated rings. The third-order valence-corrected chi connectivity index (χ3v) is 4.07. The van der Waals surface area contributed by atoms with E-state index in [1.807, 2.05) is 20.8 Å². The van der Waals surface area contributed by atoms with Gasteiger partial charge in [-0.2, -0.15) is 0 Å². The maximum absolute atomic E-state index is 11.8. The summed E-state index contributed by atoms with van der Waals surface area (Å²) in [7, 11) is 0. The molecule has 1 aliphatic heterocycles. The lowest BCUT2D eigenvalue weighted by atomic mass is 9.95. The number of rotatable bonds is 7. The fourth-order valence-corrected chi connectivity index (χ4v) is 2.54. The zero-order chi connectivity index (χ0) is 16.8. The summed E-state index contributed by atoms with van der Waals surface area (Å²) in [5.41, 5.74) is -0.454. The molecule has 130 valence electrons. The van der Waals surface area contributed by atoms with Crippen molar-refractivity contribution in [2.24, 2.45) is 11.8 Å². The number of alkyl carbamates (subject to hydrolysis) is 1. The molecule has 1 saturated heterocycles. The maximum atomic E-state index is 11.8. The van der Waals surface area contributed by atoms with E-state index in [1.165, 1.54) is 0 Å². The van der Waals surface area contributed by atoms with E-state index in [0.29, 0.717) is 30.5 Å². The number of amides is 1. The van der Waals surface area contributed by atoms with Gasteiger partial charge in [0.2, 0.25) is 0 Å². The van der Waals surface area contributed by atoms with Crippen LogP contribution in [0.3, 0.4) is 0 Å². The molecular weight excluding hydrogens is 280 g/mol. The topological polar surface area (TPSA) is 59.6 Å². The number of carbonyl (C=O) groups is 1. The van der Waals surface area contributed by atoms with Crippen LogP contribution in [0.15, 0.2) is 0 Å². The van der Waals surface area contributed by atoms with Crippen molar-refractivity contribution in [3.05, 3.63) is 0 Å². The molecule has 1 rings (SSSR count). The molecule has 0 spiro atoms. The van der Waals surface area contributed by atoms with E-state index in [-0.39, 0.29) is 6.09 Å². The van der Waals surface area contributed by atoms with Crippen LogP contribution in [0.25, 0.3) is 0 Å². The number of hydrogen-bond donors (Lipinski definition) is 2. The number of ether oxygens (including phenoxy) is 2. The predicted octanol–water partition coefficient (Wildman–Crippen LogP) is 2.94. The van der Waals surface area contributed by atoms with Crippen molar-refractivity contribution in [3.8, 4) is 0 Å². The Morgan fingerprint density at radius 1 is 1.27 bits per heavy atom. The highest BCUT2D eigenvalue weighted by molar-refractivity contribution is 5.67. The quantitative estimate of drug-likeness (QED) is 0.758. The minimum absolute atomic E-state index is 0.326. The van der Waals surface area contributed by atoms with E-state index in [9.17, 15) is 4.79 Å². The molecule has 0 saturated carbocycles. The molecule has 0 bridgehead atoms. The Hall–Kier alpha value is -0.810. The van der Waals surface area contributed by atoms with Gasteiger partial charge in [0.05, 0.1) is 6.10 Å². The Morgan fingerprint density at radius 3 is 2.45 bits per heavy atom. The molecule has 2 N–H and O–H groups in total. The van der Waals surface area contributed by atoms with Crippen LogP contribution in [-0.2, 0) is 9.47 Å². The molecular formula is C17H34N2O3. The fourth-order valence-electron chi connectivity index (χ4n) is 2.54. The van der Waals surface area contributed by atoms with E-state index in [4.69, 9.17) is 9.47 Å². The lowest BCUT2D eigenvalue weighted by Crippen LogP contribution is -2.44. The summed E-state index contributed by atoms with van der Waals surface area (Å²) in [6, 6.07) is 0.352. The minimum atomic E-state index is -0.454. The summed E-state index contributed by atoms with van der Waals surface area (Å²) in [5.74, 6) is 0.857. The largest absolute Gasteiger partial charge is 0.444 e. The van der Waals surface area contributed by atoms with Crippen LogP contribution in [0, 0.1) is 11.8 Å². The molecule has 0 radical (unpaired) electrons. The molecule has 1 amide bonds. The lowest BCUT2D eigenvalue weighted by Gasteiger charge is -2.27. The SMILES string of the molecule is CC(C)C(CNC(=O)OC(C)(C)C)CNC(C)C1CCCO1. The average Bonchev–Trinajstić information content (AvgIpc) is 2.89. The highest BCUT2D eigenvalue weighted by Crippen LogP contribution is 2.16. The van der Waals surface area contributed by atoms with Gasteiger partial charge in [-0.3, -0.25) is 0 Å². The summed E-state index contributed by atoms with van der Waals surface area (Å²) in [5, 5.41) is 6.44. The van der Waals surface area contributed by atoms with Gasteiger partial charge in [-0.25, -0.2) is 4.79 Å². The van der Waals surface area contributed by atoms with Crippen LogP contribution >= 0.6 is 0 Å². The lowest BCUT2D eigenvalue weighted by molar-refractivity contribution is 0.0511. The van der Waals surface area contributed by atoms with Gasteiger partial charge in [0.15, 0.2) is 0 Å². The Kier molecular flexibility index (Phi) is 7.63. The van der Waals surface area contributed by atoms with Gasteiger partial charge in [0.25, 0.3) is 0 Å². The van der Waals surface area contributed by atoms with Gasteiger partial charge in [0.1, 0.15) is 5.60 Å². The highest BCUT2D eigenvalue weighted by atomic mass is 16.6. The summed E-state index contributed by atoms with van der Waals surface area (Å²) >= 11 is 0. The van der Waals surface area contributed by atoms with Crippen LogP contribution in [-0.4, -0.2) is 43.5 Å². The molecule has 0 aromatic heterocycles. The first kappa shape index (κ1) is 19.2. The third kappa shape index (κ3) is 7.45. The predicted molar refractivity (Wildman–Crippen MR) is 89.0 cm³/mol. The first-order valence-corrected chi connectivity index (χ1v) is 8.51. The molecule has 22 heavy (non-hydrogen) atoms. The Bertz CT molecular complexity index is 333. The van der Waals surface area contributed by atoms with E-state index in [1.54, 1.807) is 0 Å². The monoisotopic (exact) mass is 314 g/mol. The van der Waals surface area contributed by atoms with Gasteiger partial charge in [-0.15, -0.1) is 0 Å². The van der Waals surface area contributed by atoms with E-state index in [2.05, 4.69) is 31.4 Å². The minimum Gasteiger partial charge on any atom is -0.444 e. The second-order valence-corrected chi connectivity index (χ2v) is 7.64. The second-order valence-electron chi connectivity index (χ2n) is 7.64. The molecule has 1 aliphatic rings. The van der Waals surface area contributed by atoms with Crippen molar-refractivity contribution >= 4 is 6.09 Å². The van der Waals surface area contributed by atoms with Crippen molar-refractivity contribution in [2.45, 2.75) is 72.1 Å². The number of nitrogens with one attached hydrogen (secondary N) is 2. The zero-order valence-electron chi connectivity index (χ0n) is 15.1. The Morgan fingerprint density at radius 2 is 1.95 bits per heavy atom. The van der Waals surface area contributed by atoms with E-state index < -0.39 is 5.60 Å². The molecule has 3 atom stereocenters. The van der Waals surface area contributed by atoms with Crippen molar-refractivity contribution in [2.75, 3.05) is 19.7 Å². The van der Waals surface area contributed by atoms with Crippen LogP contribution in [0.4, 0.5) is 4.79 Å². The maximum Gasteiger partial charge on any atom is 0.407 e. The first-order chi connectivity index (χ1) is 10.2. The fraction of sp³-hybridized carbons (Fsp3) is 0.941. The molecule has 0 aromatic carbocycles. The van der Waals surface area contributed by atoms with Gasteiger partial charge in [0, 0.05) is 25.7 Å². The molecule has 5 nitrogen and oxygen atoms in total. The third-order valence-electron chi connectivity index (χ3n) is 4.07. The van der Waals surface area contributed by atoms with Crippen LogP contribution in [0.2, 0.25) is 0 Å². The summed E-state index contributed by atoms with van der Waals surface area (Å²) in [6.07, 6.45) is 2.28. The Labute approximate surface area is 135 Å². The van der Waals surface area contributed by atoms with Crippen molar-refractivity contribution in [1.29, 1.82) is 0 Å². The van der Waals surface area contributed by atoms with Gasteiger partial charge in [-0.05, 0) is 52.4 Å². The average molecular weight is 314 g/mol. The van der Waals surface area contributed by atoms with Gasteiger partial charge in [-0.1, -0.05) is 13.8 Å². The van der Waals surface area contributed by atoms with Gasteiger partial charge < -0.3 is 20.1 Å². The standard InChI is InChI=1S/C17H34N2O3/c1-12(2)14(11-19-16(20)22-17(4,5)6)10-18-13(3)15-8-7-9-21-15/h12-15,18H,7-11H2,1-6H3,(H,19,20). The molecule has 3 unspecified atom stereocenters. The first-order valence-electron chi connectivity index (χ1n) is 8.51. The second kappa shape index (κ2) is 8.73. The van der Waals surface area contributed by atoms with E-state index in [0.717, 1.165) is 26.0 Å². The molecule has 0 aromatic rings. The van der Waals surface area contributed by atoms with Crippen molar-refractivity contribution in [3.63, 3.8) is 0 Å². The van der Waals surface area contributed by atoms with Crippen molar-refractivity contribution in [1.82, 2.24) is 10.6 Å². The summed E-state index contributed by atoms with van der Waals surface area (Å²) in [4.78, 5) is 11.8. The van der Waals surface area contributed by atoms with E-state index >= 15 is 0 Å². The van der Waals surface area contributed by atoms with Crippen LogP contribution in [0.1, 0.15) is 54.4 Å². The molecule has 5 heteroatoms. The summed E-state index contributed by atoms with van der Waals surface area (Å²) < 4.78 is 11.0. The smallest absolute Gasteiger partial charge is 0.407 e. The molecule has 1 heterocycles. The normalized spacial score (nSPS) is 21.7. The summed E-state index contributed by atoms with van der Waals surface area (Å²) in [6.45, 7) is 14.5. The van der Waals surface area contributed by atoms with Crippen LogP contribution in [0.5, 0.6) is 0 Å². The van der Waals surface area contributed by atoms with Gasteiger partial charge >= 0.3 is 6.09 Å². The number of carbonyl (C=O) groups excluding carboxylic acids is 1. The highest BCUT2D eigenvalue weighted by Gasteiger charge is 2.24. The Balaban J connectivity index is 2.33. The zero-order valence-corrected chi connectivity index (χ0v) is 15.1. The molecule has 0 aliphatic carbocycles. The van der Waals surface area contributed by atoms with Crippen molar-refractivity contribution < 1.29 is 14.3 Å².